The Hall–Kier alpha value is -2.97. The Balaban J connectivity index is 1.49. The lowest BCUT2D eigenvalue weighted by Gasteiger charge is -2.29. The zero-order valence-electron chi connectivity index (χ0n) is 23.2. The van der Waals surface area contributed by atoms with Gasteiger partial charge in [0.15, 0.2) is 0 Å². The lowest BCUT2D eigenvalue weighted by Crippen LogP contribution is -2.44. The van der Waals surface area contributed by atoms with Crippen LogP contribution in [0.2, 0.25) is 0 Å². The first-order valence-electron chi connectivity index (χ1n) is 14.0. The normalized spacial score (nSPS) is 18.8. The molecule has 2 unspecified atom stereocenters. The number of anilines is 1. The van der Waals surface area contributed by atoms with Gasteiger partial charge >= 0.3 is 0 Å². The number of hydrogen-bond acceptors (Lipinski definition) is 6. The molecule has 1 fully saturated rings. The lowest BCUT2D eigenvalue weighted by atomic mass is 9.93. The van der Waals surface area contributed by atoms with Crippen molar-refractivity contribution in [1.29, 1.82) is 0 Å². The van der Waals surface area contributed by atoms with Crippen LogP contribution in [0.5, 0.6) is 5.75 Å². The van der Waals surface area contributed by atoms with E-state index in [4.69, 9.17) is 4.74 Å². The van der Waals surface area contributed by atoms with Crippen LogP contribution in [0.3, 0.4) is 0 Å². The largest absolute Gasteiger partial charge is 0.493 e. The number of carbonyl (C=O) groups excluding carboxylic acids is 2. The summed E-state index contributed by atoms with van der Waals surface area (Å²) >= 11 is 0. The van der Waals surface area contributed by atoms with E-state index in [-0.39, 0.29) is 11.9 Å². The predicted molar refractivity (Wildman–Crippen MR) is 151 cm³/mol. The maximum Gasteiger partial charge on any atom is 0.241 e. The topological polar surface area (TPSA) is 69.2 Å². The zero-order valence-corrected chi connectivity index (χ0v) is 23.2. The molecule has 0 saturated carbocycles. The average molecular weight is 522 g/mol. The number of rotatable bonds is 14. The summed E-state index contributed by atoms with van der Waals surface area (Å²) in [5, 5.41) is 0. The highest BCUT2D eigenvalue weighted by atomic mass is 16.5. The standard InChI is InChI=1S/C30H43N5O3/c1-4-5-13-35(28-7-6-12-31-20-28)30(37)22-34-21-26(24-8-9-29-25(18-24)11-17-38-29)19-27(34)10-14-33(23-36)16-15-32(2)3/h6-9,12,18,20,23,26-27H,4-5,10-11,13-17,19,21-22H2,1-3H3. The van der Waals surface area contributed by atoms with Crippen LogP contribution in [-0.2, 0) is 16.0 Å². The Morgan fingerprint density at radius 1 is 1.18 bits per heavy atom. The molecule has 8 heteroatoms. The second kappa shape index (κ2) is 13.7. The van der Waals surface area contributed by atoms with Gasteiger partial charge in [-0.15, -0.1) is 0 Å². The van der Waals surface area contributed by atoms with Gasteiger partial charge in [0.1, 0.15) is 5.75 Å². The molecule has 38 heavy (non-hydrogen) atoms. The van der Waals surface area contributed by atoms with Crippen LogP contribution in [0.1, 0.15) is 49.7 Å². The number of likely N-dealkylation sites (N-methyl/N-ethyl adjacent to an activating group) is 1. The molecule has 0 radical (unpaired) electrons. The van der Waals surface area contributed by atoms with Gasteiger partial charge in [-0.05, 0) is 68.6 Å². The maximum absolute atomic E-state index is 13.7. The number of hydrogen-bond donors (Lipinski definition) is 0. The molecule has 2 aliphatic heterocycles. The van der Waals surface area contributed by atoms with Gasteiger partial charge in [0, 0.05) is 51.4 Å². The van der Waals surface area contributed by atoms with E-state index in [1.807, 2.05) is 36.0 Å². The average Bonchev–Trinajstić information content (AvgIpc) is 3.56. The second-order valence-corrected chi connectivity index (χ2v) is 10.8. The Morgan fingerprint density at radius 2 is 2.05 bits per heavy atom. The number of carbonyl (C=O) groups is 2. The van der Waals surface area contributed by atoms with E-state index in [9.17, 15) is 9.59 Å². The summed E-state index contributed by atoms with van der Waals surface area (Å²) in [5.41, 5.74) is 3.46. The number of unbranched alkanes of at least 4 members (excludes halogenated alkanes) is 1. The molecule has 2 amide bonds. The van der Waals surface area contributed by atoms with Crippen molar-refractivity contribution in [2.45, 2.75) is 51.0 Å². The smallest absolute Gasteiger partial charge is 0.241 e. The first-order chi connectivity index (χ1) is 18.5. The molecule has 0 N–H and O–H groups in total. The van der Waals surface area contributed by atoms with Gasteiger partial charge in [-0.25, -0.2) is 0 Å². The molecule has 1 aromatic carbocycles. The first kappa shape index (κ1) is 28.0. The molecule has 2 aromatic rings. The summed E-state index contributed by atoms with van der Waals surface area (Å²) < 4.78 is 5.72. The molecular weight excluding hydrogens is 478 g/mol. The fourth-order valence-electron chi connectivity index (χ4n) is 5.53. The molecule has 1 aromatic heterocycles. The minimum absolute atomic E-state index is 0.110. The molecule has 8 nitrogen and oxygen atoms in total. The van der Waals surface area contributed by atoms with Crippen LogP contribution >= 0.6 is 0 Å². The van der Waals surface area contributed by atoms with E-state index in [0.29, 0.717) is 32.1 Å². The summed E-state index contributed by atoms with van der Waals surface area (Å²) in [4.78, 5) is 37.9. The number of likely N-dealkylation sites (tertiary alicyclic amines) is 1. The van der Waals surface area contributed by atoms with Crippen LogP contribution in [0.4, 0.5) is 5.69 Å². The van der Waals surface area contributed by atoms with Crippen molar-refractivity contribution in [1.82, 2.24) is 19.7 Å². The predicted octanol–water partition coefficient (Wildman–Crippen LogP) is 3.42. The minimum atomic E-state index is 0.110. The van der Waals surface area contributed by atoms with Crippen molar-refractivity contribution < 1.29 is 14.3 Å². The SMILES string of the molecule is CCCCN(C(=O)CN1CC(c2ccc3c(c2)CCO3)CC1CCN(C=O)CCN(C)C)c1cccnc1. The van der Waals surface area contributed by atoms with E-state index < -0.39 is 0 Å². The highest BCUT2D eigenvalue weighted by Gasteiger charge is 2.35. The molecule has 1 saturated heterocycles. The number of pyridine rings is 1. The number of nitrogens with zero attached hydrogens (tertiary/aromatic N) is 5. The van der Waals surface area contributed by atoms with Gasteiger partial charge in [0.2, 0.25) is 12.3 Å². The number of benzene rings is 1. The third kappa shape index (κ3) is 7.32. The molecular formula is C30H43N5O3. The third-order valence-corrected chi connectivity index (χ3v) is 7.78. The number of fused-ring (bicyclic) bond motifs is 1. The van der Waals surface area contributed by atoms with Crippen molar-refractivity contribution >= 4 is 18.0 Å². The molecule has 4 rings (SSSR count). The van der Waals surface area contributed by atoms with Crippen molar-refractivity contribution in [3.8, 4) is 5.75 Å². The first-order valence-corrected chi connectivity index (χ1v) is 14.0. The summed E-state index contributed by atoms with van der Waals surface area (Å²) in [6, 6.07) is 10.7. The summed E-state index contributed by atoms with van der Waals surface area (Å²) in [6.07, 6.45) is 9.24. The number of aromatic nitrogens is 1. The van der Waals surface area contributed by atoms with E-state index >= 15 is 0 Å². The van der Waals surface area contributed by atoms with Crippen molar-refractivity contribution in [3.63, 3.8) is 0 Å². The van der Waals surface area contributed by atoms with Gasteiger partial charge in [-0.1, -0.05) is 25.5 Å². The zero-order chi connectivity index (χ0) is 26.9. The van der Waals surface area contributed by atoms with Gasteiger partial charge < -0.3 is 19.4 Å². The van der Waals surface area contributed by atoms with Crippen LogP contribution in [0.15, 0.2) is 42.7 Å². The van der Waals surface area contributed by atoms with Crippen LogP contribution in [-0.4, -0.2) is 98.0 Å². The Bertz CT molecular complexity index is 1050. The summed E-state index contributed by atoms with van der Waals surface area (Å²) in [6.45, 7) is 7.03. The van der Waals surface area contributed by atoms with E-state index in [1.54, 1.807) is 12.4 Å². The van der Waals surface area contributed by atoms with Crippen LogP contribution in [0.25, 0.3) is 0 Å². The molecule has 0 bridgehead atoms. The fraction of sp³-hybridized carbons (Fsp3) is 0.567. The Labute approximate surface area is 227 Å². The molecule has 0 spiro atoms. The Morgan fingerprint density at radius 3 is 2.79 bits per heavy atom. The monoisotopic (exact) mass is 521 g/mol. The molecule has 2 atom stereocenters. The molecule has 2 aliphatic rings. The van der Waals surface area contributed by atoms with Gasteiger partial charge in [0.05, 0.1) is 25.0 Å². The highest BCUT2D eigenvalue weighted by molar-refractivity contribution is 5.94. The third-order valence-electron chi connectivity index (χ3n) is 7.78. The van der Waals surface area contributed by atoms with Crippen molar-refractivity contribution in [2.75, 3.05) is 64.9 Å². The van der Waals surface area contributed by atoms with Crippen molar-refractivity contribution in [3.05, 3.63) is 53.9 Å². The van der Waals surface area contributed by atoms with E-state index in [1.165, 1.54) is 11.1 Å². The second-order valence-electron chi connectivity index (χ2n) is 10.8. The molecule has 0 aliphatic carbocycles. The quantitative estimate of drug-likeness (QED) is 0.355. The van der Waals surface area contributed by atoms with Gasteiger partial charge in [-0.3, -0.25) is 19.5 Å². The van der Waals surface area contributed by atoms with Crippen LogP contribution < -0.4 is 9.64 Å². The summed E-state index contributed by atoms with van der Waals surface area (Å²) in [7, 11) is 4.04. The number of amides is 2. The Kier molecular flexibility index (Phi) is 10.1. The maximum atomic E-state index is 13.7. The van der Waals surface area contributed by atoms with Gasteiger partial charge in [0.25, 0.3) is 0 Å². The van der Waals surface area contributed by atoms with E-state index in [0.717, 1.165) is 69.6 Å². The molecule has 206 valence electrons. The van der Waals surface area contributed by atoms with Gasteiger partial charge in [-0.2, -0.15) is 0 Å². The molecule has 3 heterocycles. The fourth-order valence-corrected chi connectivity index (χ4v) is 5.53. The van der Waals surface area contributed by atoms with Crippen LogP contribution in [0, 0.1) is 0 Å². The number of ether oxygens (including phenoxy) is 1. The van der Waals surface area contributed by atoms with Crippen molar-refractivity contribution in [2.24, 2.45) is 0 Å². The lowest BCUT2D eigenvalue weighted by molar-refractivity contribution is -0.121. The summed E-state index contributed by atoms with van der Waals surface area (Å²) in [5.74, 6) is 1.47. The minimum Gasteiger partial charge on any atom is -0.493 e. The van der Waals surface area contributed by atoms with E-state index in [2.05, 4.69) is 39.9 Å². The highest BCUT2D eigenvalue weighted by Crippen LogP contribution is 2.36.